The van der Waals surface area contributed by atoms with Crippen LogP contribution in [0, 0.1) is 13.8 Å². The van der Waals surface area contributed by atoms with E-state index in [9.17, 15) is 0 Å². The van der Waals surface area contributed by atoms with Gasteiger partial charge >= 0.3 is 0 Å². The van der Waals surface area contributed by atoms with E-state index >= 15 is 0 Å². The highest BCUT2D eigenvalue weighted by Crippen LogP contribution is 2.09. The van der Waals surface area contributed by atoms with E-state index in [1.54, 1.807) is 0 Å². The lowest BCUT2D eigenvalue weighted by Gasteiger charge is -1.84. The second kappa shape index (κ2) is 5.07. The third-order valence-corrected chi connectivity index (χ3v) is 1.85. The quantitative estimate of drug-likeness (QED) is 0.668. The first kappa shape index (κ1) is 10.3. The number of aryl methyl sites for hydroxylation is 2. The van der Waals surface area contributed by atoms with E-state index in [0.717, 1.165) is 17.1 Å². The number of aromatic nitrogens is 2. The predicted molar refractivity (Wildman–Crippen MR) is 58.9 cm³/mol. The Bertz CT molecular complexity index is 319. The Labute approximate surface area is 84.0 Å². The van der Waals surface area contributed by atoms with Gasteiger partial charge in [0.2, 0.25) is 0 Å². The number of nitrogen functional groups attached to an aromatic ring is 1. The third kappa shape index (κ3) is 2.94. The van der Waals surface area contributed by atoms with Gasteiger partial charge in [-0.2, -0.15) is 5.10 Å². The van der Waals surface area contributed by atoms with Gasteiger partial charge in [-0.3, -0.25) is 5.10 Å². The van der Waals surface area contributed by atoms with Crippen molar-refractivity contribution in [3.8, 4) is 0 Å². The molecular formula is C11H15N3. The van der Waals surface area contributed by atoms with Crippen molar-refractivity contribution in [3.05, 3.63) is 47.8 Å². The molecule has 0 fully saturated rings. The minimum absolute atomic E-state index is 0.769. The van der Waals surface area contributed by atoms with Gasteiger partial charge in [0.05, 0.1) is 17.1 Å². The molecule has 74 valence electrons. The Morgan fingerprint density at radius 3 is 1.57 bits per heavy atom. The van der Waals surface area contributed by atoms with Gasteiger partial charge < -0.3 is 5.73 Å². The Hall–Kier alpha value is -1.77. The summed E-state index contributed by atoms with van der Waals surface area (Å²) < 4.78 is 0. The van der Waals surface area contributed by atoms with Crippen LogP contribution in [0.15, 0.2) is 36.4 Å². The van der Waals surface area contributed by atoms with E-state index in [0.29, 0.717) is 0 Å². The van der Waals surface area contributed by atoms with Crippen LogP contribution in [0.3, 0.4) is 0 Å². The molecule has 0 unspecified atom stereocenters. The molecule has 0 aliphatic carbocycles. The van der Waals surface area contributed by atoms with Crippen molar-refractivity contribution in [1.29, 1.82) is 0 Å². The van der Waals surface area contributed by atoms with Crippen molar-refractivity contribution >= 4 is 5.69 Å². The molecule has 14 heavy (non-hydrogen) atoms. The molecule has 0 saturated heterocycles. The molecule has 3 N–H and O–H groups in total. The first-order valence-corrected chi connectivity index (χ1v) is 4.49. The van der Waals surface area contributed by atoms with Crippen LogP contribution in [0.25, 0.3) is 0 Å². The van der Waals surface area contributed by atoms with E-state index in [1.165, 1.54) is 0 Å². The average molecular weight is 189 g/mol. The topological polar surface area (TPSA) is 54.7 Å². The number of hydrogen-bond donors (Lipinski definition) is 2. The number of rotatable bonds is 0. The molecule has 0 amide bonds. The van der Waals surface area contributed by atoms with E-state index in [2.05, 4.69) is 10.2 Å². The van der Waals surface area contributed by atoms with Crippen molar-refractivity contribution in [1.82, 2.24) is 10.2 Å². The number of nitrogens with one attached hydrogen (secondary N) is 1. The smallest absolute Gasteiger partial charge is 0.0823 e. The van der Waals surface area contributed by atoms with E-state index in [-0.39, 0.29) is 0 Å². The van der Waals surface area contributed by atoms with Crippen LogP contribution in [0.4, 0.5) is 5.69 Å². The minimum Gasteiger partial charge on any atom is -0.396 e. The highest BCUT2D eigenvalue weighted by Gasteiger charge is 1.97. The standard InChI is InChI=1S/C6H6.C5H9N3/c1-2-4-6-5-3-1;1-3-5(6)4(2)8-7-3/h1-6H;6H2,1-2H3,(H,7,8). The van der Waals surface area contributed by atoms with Crippen LogP contribution < -0.4 is 5.73 Å². The fourth-order valence-electron chi connectivity index (χ4n) is 0.944. The van der Waals surface area contributed by atoms with Gasteiger partial charge in [0.25, 0.3) is 0 Å². The lowest BCUT2D eigenvalue weighted by atomic mass is 10.3. The number of hydrogen-bond acceptors (Lipinski definition) is 2. The van der Waals surface area contributed by atoms with Crippen molar-refractivity contribution in [2.24, 2.45) is 0 Å². The Morgan fingerprint density at radius 2 is 1.43 bits per heavy atom. The van der Waals surface area contributed by atoms with Gasteiger partial charge in [-0.15, -0.1) is 0 Å². The Morgan fingerprint density at radius 1 is 1.00 bits per heavy atom. The molecule has 0 atom stereocenters. The molecule has 2 aromatic rings. The monoisotopic (exact) mass is 189 g/mol. The van der Waals surface area contributed by atoms with Crippen molar-refractivity contribution in [2.45, 2.75) is 13.8 Å². The summed E-state index contributed by atoms with van der Waals surface area (Å²) in [6.07, 6.45) is 0. The summed E-state index contributed by atoms with van der Waals surface area (Å²) in [7, 11) is 0. The van der Waals surface area contributed by atoms with Crippen molar-refractivity contribution in [2.75, 3.05) is 5.73 Å². The zero-order chi connectivity index (χ0) is 10.4. The maximum absolute atomic E-state index is 5.51. The minimum atomic E-state index is 0.769. The van der Waals surface area contributed by atoms with Gasteiger partial charge in [-0.05, 0) is 13.8 Å². The van der Waals surface area contributed by atoms with Gasteiger partial charge in [0, 0.05) is 0 Å². The van der Waals surface area contributed by atoms with Gasteiger partial charge in [0.15, 0.2) is 0 Å². The van der Waals surface area contributed by atoms with Crippen LogP contribution in [0.5, 0.6) is 0 Å². The molecule has 3 heteroatoms. The Balaban J connectivity index is 0.000000146. The maximum atomic E-state index is 5.51. The lowest BCUT2D eigenvalue weighted by molar-refractivity contribution is 1.02. The molecular weight excluding hydrogens is 174 g/mol. The summed E-state index contributed by atoms with van der Waals surface area (Å²) in [6, 6.07) is 12.0. The van der Waals surface area contributed by atoms with Crippen LogP contribution in [-0.4, -0.2) is 10.2 Å². The second-order valence-corrected chi connectivity index (χ2v) is 3.00. The summed E-state index contributed by atoms with van der Waals surface area (Å²) in [5, 5.41) is 6.63. The molecule has 0 aliphatic rings. The lowest BCUT2D eigenvalue weighted by Crippen LogP contribution is -1.86. The van der Waals surface area contributed by atoms with Crippen LogP contribution in [0.2, 0.25) is 0 Å². The highest BCUT2D eigenvalue weighted by atomic mass is 15.1. The van der Waals surface area contributed by atoms with Crippen LogP contribution >= 0.6 is 0 Å². The summed E-state index contributed by atoms with van der Waals surface area (Å²) >= 11 is 0. The molecule has 0 bridgehead atoms. The number of aromatic amines is 1. The highest BCUT2D eigenvalue weighted by molar-refractivity contribution is 5.45. The van der Waals surface area contributed by atoms with Gasteiger partial charge in [-0.25, -0.2) is 0 Å². The normalized spacial score (nSPS) is 9.00. The summed E-state index contributed by atoms with van der Waals surface area (Å²) in [6.45, 7) is 3.77. The van der Waals surface area contributed by atoms with Crippen molar-refractivity contribution in [3.63, 3.8) is 0 Å². The molecule has 0 radical (unpaired) electrons. The first-order chi connectivity index (χ1) is 6.72. The van der Waals surface area contributed by atoms with Gasteiger partial charge in [0.1, 0.15) is 0 Å². The van der Waals surface area contributed by atoms with Crippen molar-refractivity contribution < 1.29 is 0 Å². The van der Waals surface area contributed by atoms with Crippen LogP contribution in [0.1, 0.15) is 11.4 Å². The van der Waals surface area contributed by atoms with Crippen LogP contribution in [-0.2, 0) is 0 Å². The number of nitrogens with two attached hydrogens (primary N) is 1. The second-order valence-electron chi connectivity index (χ2n) is 3.00. The first-order valence-electron chi connectivity index (χ1n) is 4.49. The third-order valence-electron chi connectivity index (χ3n) is 1.85. The fourth-order valence-corrected chi connectivity index (χ4v) is 0.944. The molecule has 0 saturated carbocycles. The maximum Gasteiger partial charge on any atom is 0.0823 e. The zero-order valence-electron chi connectivity index (χ0n) is 8.49. The van der Waals surface area contributed by atoms with E-state index in [4.69, 9.17) is 5.73 Å². The number of nitrogens with zero attached hydrogens (tertiary/aromatic N) is 1. The molecule has 1 aromatic carbocycles. The SMILES string of the molecule is Cc1n[nH]c(C)c1N.c1ccccc1. The Kier molecular flexibility index (Phi) is 3.73. The van der Waals surface area contributed by atoms with Gasteiger partial charge in [-0.1, -0.05) is 36.4 Å². The number of H-pyrrole nitrogens is 1. The number of benzene rings is 1. The molecule has 1 aromatic heterocycles. The van der Waals surface area contributed by atoms with E-state index in [1.807, 2.05) is 50.2 Å². The molecule has 1 heterocycles. The molecule has 2 rings (SSSR count). The molecule has 0 aliphatic heterocycles. The van der Waals surface area contributed by atoms with E-state index < -0.39 is 0 Å². The largest absolute Gasteiger partial charge is 0.396 e. The predicted octanol–water partition coefficient (Wildman–Crippen LogP) is 2.30. The zero-order valence-corrected chi connectivity index (χ0v) is 8.49. The molecule has 0 spiro atoms. The molecule has 3 nitrogen and oxygen atoms in total. The summed E-state index contributed by atoms with van der Waals surface area (Å²) in [5.41, 5.74) is 8.10. The summed E-state index contributed by atoms with van der Waals surface area (Å²) in [5.74, 6) is 0. The average Bonchev–Trinajstić information content (AvgIpc) is 2.53. The fraction of sp³-hybridized carbons (Fsp3) is 0.182. The summed E-state index contributed by atoms with van der Waals surface area (Å²) in [4.78, 5) is 0. The number of anilines is 1.